The minimum absolute atomic E-state index is 0.00448. The highest BCUT2D eigenvalue weighted by atomic mass is 16.3. The Morgan fingerprint density at radius 2 is 1.95 bits per heavy atom. The number of fused-ring (bicyclic) bond motifs is 1. The standard InChI is InChI=1S/C34H48N2O2/c1-4-21-35-22-20-34(29-15-11-16-32(37)23-29)24-31(19-18-30(34)26-35)36(25-27(2)3)33(38)17-10-6-9-14-28-12-7-5-8-13-28/h4-5,7-8,11-13,15-16,23,27,30-31,37H,1,6,9-10,14,17-22,24-26H2,2-3H3/t30-,31-,34+/m1/s1. The lowest BCUT2D eigenvalue weighted by molar-refractivity contribution is -0.136. The zero-order valence-electron chi connectivity index (χ0n) is 23.7. The first-order valence-corrected chi connectivity index (χ1v) is 14.9. The van der Waals surface area contributed by atoms with E-state index in [-0.39, 0.29) is 11.5 Å². The van der Waals surface area contributed by atoms with Gasteiger partial charge in [-0.05, 0) is 86.6 Å². The van der Waals surface area contributed by atoms with E-state index in [0.29, 0.717) is 29.9 Å². The molecule has 4 nitrogen and oxygen atoms in total. The summed E-state index contributed by atoms with van der Waals surface area (Å²) in [6, 6.07) is 18.9. The molecule has 1 heterocycles. The zero-order chi connectivity index (χ0) is 27.0. The molecule has 1 aliphatic carbocycles. The maximum absolute atomic E-state index is 13.7. The van der Waals surface area contributed by atoms with Gasteiger partial charge in [0.05, 0.1) is 0 Å². The molecule has 2 fully saturated rings. The van der Waals surface area contributed by atoms with E-state index in [1.54, 1.807) is 6.07 Å². The van der Waals surface area contributed by atoms with Crippen molar-refractivity contribution in [2.45, 2.75) is 83.1 Å². The molecule has 0 spiro atoms. The highest BCUT2D eigenvalue weighted by Crippen LogP contribution is 2.50. The molecule has 0 bridgehead atoms. The number of rotatable bonds is 12. The van der Waals surface area contributed by atoms with Gasteiger partial charge in [-0.3, -0.25) is 9.69 Å². The van der Waals surface area contributed by atoms with Crippen LogP contribution in [0.1, 0.15) is 76.3 Å². The van der Waals surface area contributed by atoms with Crippen LogP contribution in [0.3, 0.4) is 0 Å². The Kier molecular flexibility index (Phi) is 10.1. The van der Waals surface area contributed by atoms with Crippen LogP contribution in [0.5, 0.6) is 5.75 Å². The van der Waals surface area contributed by atoms with Crippen molar-refractivity contribution in [1.29, 1.82) is 0 Å². The minimum Gasteiger partial charge on any atom is -0.508 e. The number of carbonyl (C=O) groups excluding carboxylic acids is 1. The Labute approximate surface area is 230 Å². The van der Waals surface area contributed by atoms with Gasteiger partial charge in [0.15, 0.2) is 0 Å². The van der Waals surface area contributed by atoms with Crippen LogP contribution in [-0.4, -0.2) is 53.0 Å². The van der Waals surface area contributed by atoms with Crippen LogP contribution in [-0.2, 0) is 16.6 Å². The van der Waals surface area contributed by atoms with Crippen molar-refractivity contribution in [2.24, 2.45) is 11.8 Å². The SMILES string of the molecule is C=CCN1CC[C@@]2(c3cccc(O)c3)C[C@H](N(CC(C)C)C(=O)CCCCCc3ccccc3)CC[C@@H]2C1. The summed E-state index contributed by atoms with van der Waals surface area (Å²) >= 11 is 0. The molecule has 4 heteroatoms. The number of phenolic OH excluding ortho intramolecular Hbond substituents is 1. The van der Waals surface area contributed by atoms with Crippen LogP contribution < -0.4 is 0 Å². The first-order valence-electron chi connectivity index (χ1n) is 14.9. The number of likely N-dealkylation sites (tertiary alicyclic amines) is 1. The lowest BCUT2D eigenvalue weighted by Gasteiger charge is -2.54. The molecule has 38 heavy (non-hydrogen) atoms. The molecule has 2 aliphatic rings. The average Bonchev–Trinajstić information content (AvgIpc) is 2.92. The molecule has 0 unspecified atom stereocenters. The molecule has 1 saturated carbocycles. The number of amides is 1. The number of unbranched alkanes of at least 4 members (excludes halogenated alkanes) is 2. The van der Waals surface area contributed by atoms with Crippen molar-refractivity contribution in [3.8, 4) is 5.75 Å². The predicted molar refractivity (Wildman–Crippen MR) is 157 cm³/mol. The summed E-state index contributed by atoms with van der Waals surface area (Å²) in [4.78, 5) is 18.4. The molecular weight excluding hydrogens is 468 g/mol. The van der Waals surface area contributed by atoms with Crippen LogP contribution >= 0.6 is 0 Å². The predicted octanol–water partition coefficient (Wildman–Crippen LogP) is 6.98. The van der Waals surface area contributed by atoms with Gasteiger partial charge < -0.3 is 10.0 Å². The second-order valence-electron chi connectivity index (χ2n) is 12.1. The van der Waals surface area contributed by atoms with Crippen LogP contribution in [0.4, 0.5) is 0 Å². The summed E-state index contributed by atoms with van der Waals surface area (Å²) in [6.07, 6.45) is 11.2. The van der Waals surface area contributed by atoms with E-state index >= 15 is 0 Å². The molecule has 1 N–H and O–H groups in total. The van der Waals surface area contributed by atoms with Gasteiger partial charge in [-0.1, -0.05) is 68.8 Å². The molecule has 2 aromatic rings. The second-order valence-corrected chi connectivity index (χ2v) is 12.1. The number of benzene rings is 2. The van der Waals surface area contributed by atoms with Crippen LogP contribution in [0, 0.1) is 11.8 Å². The molecular formula is C34H48N2O2. The van der Waals surface area contributed by atoms with E-state index < -0.39 is 0 Å². The average molecular weight is 517 g/mol. The van der Waals surface area contributed by atoms with Gasteiger partial charge in [-0.25, -0.2) is 0 Å². The number of carbonyl (C=O) groups is 1. The van der Waals surface area contributed by atoms with E-state index in [4.69, 9.17) is 0 Å². The summed E-state index contributed by atoms with van der Waals surface area (Å²) < 4.78 is 0. The van der Waals surface area contributed by atoms with Gasteiger partial charge in [0.1, 0.15) is 5.75 Å². The third-order valence-corrected chi connectivity index (χ3v) is 8.91. The van der Waals surface area contributed by atoms with Crippen molar-refractivity contribution in [3.05, 3.63) is 78.4 Å². The van der Waals surface area contributed by atoms with Gasteiger partial charge in [0.2, 0.25) is 5.91 Å². The number of piperidine rings is 1. The molecule has 4 rings (SSSR count). The molecule has 1 saturated heterocycles. The van der Waals surface area contributed by atoms with Crippen LogP contribution in [0.25, 0.3) is 0 Å². The molecule has 0 aromatic heterocycles. The fraction of sp³-hybridized carbons (Fsp3) is 0.559. The Bertz CT molecular complexity index is 1040. The van der Waals surface area contributed by atoms with Gasteiger partial charge in [0, 0.05) is 37.5 Å². The largest absolute Gasteiger partial charge is 0.508 e. The highest BCUT2D eigenvalue weighted by Gasteiger charge is 2.49. The maximum atomic E-state index is 13.7. The number of aromatic hydroxyl groups is 1. The lowest BCUT2D eigenvalue weighted by Crippen LogP contribution is -2.57. The number of aryl methyl sites for hydroxylation is 1. The van der Waals surface area contributed by atoms with Crippen molar-refractivity contribution in [3.63, 3.8) is 0 Å². The topological polar surface area (TPSA) is 43.8 Å². The van der Waals surface area contributed by atoms with Crippen molar-refractivity contribution in [2.75, 3.05) is 26.2 Å². The number of phenols is 1. The molecule has 3 atom stereocenters. The van der Waals surface area contributed by atoms with Gasteiger partial charge in [0.25, 0.3) is 0 Å². The van der Waals surface area contributed by atoms with Crippen molar-refractivity contribution < 1.29 is 9.90 Å². The number of hydrogen-bond donors (Lipinski definition) is 1. The first-order chi connectivity index (χ1) is 18.4. The zero-order valence-corrected chi connectivity index (χ0v) is 23.7. The van der Waals surface area contributed by atoms with E-state index in [1.807, 2.05) is 18.2 Å². The molecule has 1 amide bonds. The quantitative estimate of drug-likeness (QED) is 0.244. The van der Waals surface area contributed by atoms with Crippen molar-refractivity contribution >= 4 is 5.91 Å². The monoisotopic (exact) mass is 516 g/mol. The van der Waals surface area contributed by atoms with Crippen LogP contribution in [0.2, 0.25) is 0 Å². The molecule has 2 aromatic carbocycles. The fourth-order valence-electron chi connectivity index (χ4n) is 7.04. The Balaban J connectivity index is 1.45. The normalized spacial score (nSPS) is 23.7. The summed E-state index contributed by atoms with van der Waals surface area (Å²) in [5, 5.41) is 10.4. The van der Waals surface area contributed by atoms with E-state index in [2.05, 4.69) is 66.6 Å². The lowest BCUT2D eigenvalue weighted by atomic mass is 9.57. The van der Waals surface area contributed by atoms with E-state index in [9.17, 15) is 9.90 Å². The Morgan fingerprint density at radius 1 is 1.13 bits per heavy atom. The molecule has 206 valence electrons. The fourth-order valence-corrected chi connectivity index (χ4v) is 7.04. The third kappa shape index (κ3) is 7.08. The molecule has 1 aliphatic heterocycles. The van der Waals surface area contributed by atoms with Gasteiger partial charge in [-0.15, -0.1) is 6.58 Å². The van der Waals surface area contributed by atoms with Crippen LogP contribution in [0.15, 0.2) is 67.3 Å². The smallest absolute Gasteiger partial charge is 0.222 e. The summed E-state index contributed by atoms with van der Waals surface area (Å²) in [5.41, 5.74) is 2.64. The Morgan fingerprint density at radius 3 is 2.68 bits per heavy atom. The second kappa shape index (κ2) is 13.5. The third-order valence-electron chi connectivity index (χ3n) is 8.91. The summed E-state index contributed by atoms with van der Waals surface area (Å²) in [6.45, 7) is 12.3. The van der Waals surface area contributed by atoms with Gasteiger partial charge in [-0.2, -0.15) is 0 Å². The van der Waals surface area contributed by atoms with Crippen molar-refractivity contribution in [1.82, 2.24) is 9.80 Å². The molecule has 0 radical (unpaired) electrons. The van der Waals surface area contributed by atoms with E-state index in [0.717, 1.165) is 77.5 Å². The summed E-state index contributed by atoms with van der Waals surface area (Å²) in [5.74, 6) is 1.65. The van der Waals surface area contributed by atoms with Gasteiger partial charge >= 0.3 is 0 Å². The minimum atomic E-state index is 0.00448. The Hall–Kier alpha value is -2.59. The first kappa shape index (κ1) is 28.4. The maximum Gasteiger partial charge on any atom is 0.222 e. The number of hydrogen-bond acceptors (Lipinski definition) is 3. The summed E-state index contributed by atoms with van der Waals surface area (Å²) in [7, 11) is 0. The van der Waals surface area contributed by atoms with E-state index in [1.165, 1.54) is 11.1 Å². The number of nitrogens with zero attached hydrogens (tertiary/aromatic N) is 2. The highest BCUT2D eigenvalue weighted by molar-refractivity contribution is 5.76.